The van der Waals surface area contributed by atoms with Gasteiger partial charge >= 0.3 is 12.1 Å². The smallest absolute Gasteiger partial charge is 0.323 e. The fourth-order valence-corrected chi connectivity index (χ4v) is 4.86. The molecule has 0 spiro atoms. The third kappa shape index (κ3) is 4.60. The molecule has 1 aliphatic rings. The first-order chi connectivity index (χ1) is 15.8. The summed E-state index contributed by atoms with van der Waals surface area (Å²) >= 11 is 7.01. The fourth-order valence-electron chi connectivity index (χ4n) is 3.52. The van der Waals surface area contributed by atoms with Gasteiger partial charge in [0.25, 0.3) is 5.91 Å². The van der Waals surface area contributed by atoms with E-state index in [-0.39, 0.29) is 34.7 Å². The number of nitrogens with two attached hydrogens (primary N) is 1. The molecule has 0 saturated carbocycles. The first kappa shape index (κ1) is 22.9. The summed E-state index contributed by atoms with van der Waals surface area (Å²) < 4.78 is 28.9. The topological polar surface area (TPSA) is 109 Å². The number of carbonyl (C=O) groups excluding carboxylic acids is 3. The second-order valence-corrected chi connectivity index (χ2v) is 8.79. The minimum atomic E-state index is -0.853. The zero-order valence-electron chi connectivity index (χ0n) is 17.0. The fraction of sp³-hybridized carbons (Fsp3) is 0.190. The van der Waals surface area contributed by atoms with Crippen LogP contribution < -0.4 is 16.4 Å². The van der Waals surface area contributed by atoms with Gasteiger partial charge in [-0.2, -0.15) is 0 Å². The molecule has 33 heavy (non-hydrogen) atoms. The number of urea groups is 1. The summed E-state index contributed by atoms with van der Waals surface area (Å²) in [4.78, 5) is 38.7. The van der Waals surface area contributed by atoms with Gasteiger partial charge < -0.3 is 21.3 Å². The zero-order valence-corrected chi connectivity index (χ0v) is 18.6. The summed E-state index contributed by atoms with van der Waals surface area (Å²) in [5.74, 6) is -1.14. The average molecular weight is 494 g/mol. The number of nitrogens with zero attached hydrogens (tertiary/aromatic N) is 2. The molecule has 0 bridgehead atoms. The maximum atomic E-state index is 14.1. The van der Waals surface area contributed by atoms with Crippen molar-refractivity contribution < 1.29 is 23.2 Å². The number of rotatable bonds is 4. The SMILES string of the molecule is NC(=O)n1cc(NC(=O)N2CCS[C@H]2C(=O)NCc2cccc(Cl)c2F)c2cc(F)ccc21. The number of halogens is 3. The number of hydrogen-bond donors (Lipinski definition) is 3. The lowest BCUT2D eigenvalue weighted by Crippen LogP contribution is -2.46. The number of amides is 4. The molecule has 172 valence electrons. The van der Waals surface area contributed by atoms with Gasteiger partial charge in [0.2, 0.25) is 0 Å². The molecule has 2 aromatic carbocycles. The Morgan fingerprint density at radius 3 is 2.76 bits per heavy atom. The van der Waals surface area contributed by atoms with Crippen LogP contribution in [0, 0.1) is 11.6 Å². The molecule has 4 rings (SSSR count). The number of carbonyl (C=O) groups is 3. The summed E-state index contributed by atoms with van der Waals surface area (Å²) in [5.41, 5.74) is 6.08. The van der Waals surface area contributed by atoms with Gasteiger partial charge in [-0.25, -0.2) is 18.4 Å². The summed E-state index contributed by atoms with van der Waals surface area (Å²) in [6.45, 7) is 0.187. The van der Waals surface area contributed by atoms with Gasteiger partial charge in [-0.15, -0.1) is 11.8 Å². The Labute approximate surface area is 196 Å². The lowest BCUT2D eigenvalue weighted by molar-refractivity contribution is -0.122. The van der Waals surface area contributed by atoms with Gasteiger partial charge in [-0.3, -0.25) is 9.36 Å². The molecule has 1 aromatic heterocycles. The van der Waals surface area contributed by atoms with E-state index in [0.29, 0.717) is 11.3 Å². The van der Waals surface area contributed by atoms with Crippen LogP contribution in [0.2, 0.25) is 5.02 Å². The molecule has 1 atom stereocenters. The Morgan fingerprint density at radius 1 is 1.21 bits per heavy atom. The van der Waals surface area contributed by atoms with E-state index in [1.165, 1.54) is 53.2 Å². The highest BCUT2D eigenvalue weighted by molar-refractivity contribution is 8.00. The molecule has 3 aromatic rings. The number of anilines is 1. The van der Waals surface area contributed by atoms with Crippen molar-refractivity contribution in [1.82, 2.24) is 14.8 Å². The van der Waals surface area contributed by atoms with Crippen LogP contribution >= 0.6 is 23.4 Å². The van der Waals surface area contributed by atoms with E-state index in [0.717, 1.165) is 4.57 Å². The molecule has 0 unspecified atom stereocenters. The lowest BCUT2D eigenvalue weighted by Gasteiger charge is -2.23. The van der Waals surface area contributed by atoms with Crippen molar-refractivity contribution in [2.75, 3.05) is 17.6 Å². The largest absolute Gasteiger partial charge is 0.351 e. The Bertz CT molecular complexity index is 1270. The van der Waals surface area contributed by atoms with Crippen LogP contribution in [0.25, 0.3) is 10.9 Å². The minimum absolute atomic E-state index is 0.0513. The molecule has 1 saturated heterocycles. The van der Waals surface area contributed by atoms with Crippen LogP contribution in [0.3, 0.4) is 0 Å². The Balaban J connectivity index is 1.49. The predicted molar refractivity (Wildman–Crippen MR) is 122 cm³/mol. The first-order valence-corrected chi connectivity index (χ1v) is 11.2. The number of benzene rings is 2. The van der Waals surface area contributed by atoms with Crippen LogP contribution in [-0.2, 0) is 11.3 Å². The molecule has 0 aliphatic carbocycles. The Morgan fingerprint density at radius 2 is 2.00 bits per heavy atom. The number of aromatic nitrogens is 1. The van der Waals surface area contributed by atoms with E-state index in [9.17, 15) is 23.2 Å². The van der Waals surface area contributed by atoms with Crippen LogP contribution in [0.1, 0.15) is 5.56 Å². The van der Waals surface area contributed by atoms with Crippen molar-refractivity contribution in [2.24, 2.45) is 5.73 Å². The van der Waals surface area contributed by atoms with Crippen molar-refractivity contribution >= 4 is 57.9 Å². The normalized spacial score (nSPS) is 15.6. The highest BCUT2D eigenvalue weighted by atomic mass is 35.5. The molecule has 0 radical (unpaired) electrons. The van der Waals surface area contributed by atoms with Gasteiger partial charge in [0.1, 0.15) is 11.6 Å². The molecule has 1 aliphatic heterocycles. The molecular formula is C21H18ClF2N5O3S. The lowest BCUT2D eigenvalue weighted by atomic mass is 10.2. The van der Waals surface area contributed by atoms with Gasteiger partial charge in [0, 0.05) is 36.0 Å². The van der Waals surface area contributed by atoms with Gasteiger partial charge in [0.15, 0.2) is 5.37 Å². The summed E-state index contributed by atoms with van der Waals surface area (Å²) in [6, 6.07) is 6.80. The maximum Gasteiger partial charge on any atom is 0.323 e. The van der Waals surface area contributed by atoms with Crippen molar-refractivity contribution in [2.45, 2.75) is 11.9 Å². The molecule has 4 N–H and O–H groups in total. The third-order valence-corrected chi connectivity index (χ3v) is 6.60. The van der Waals surface area contributed by atoms with Gasteiger partial charge in [-0.05, 0) is 24.3 Å². The highest BCUT2D eigenvalue weighted by Crippen LogP contribution is 2.29. The molecule has 12 heteroatoms. The van der Waals surface area contributed by atoms with E-state index in [1.54, 1.807) is 6.07 Å². The standard InChI is InChI=1S/C21H18ClF2N5O3S/c22-14-3-1-2-11(17(14)24)9-26-18(30)19-28(6-7-33-19)21(32)27-15-10-29(20(25)31)16-5-4-12(23)8-13(15)16/h1-5,8,10,19H,6-7,9H2,(H2,25,31)(H,26,30)(H,27,32)/t19-/m0/s1. The zero-order chi connectivity index (χ0) is 23.7. The maximum absolute atomic E-state index is 14.1. The molecule has 4 amide bonds. The van der Waals surface area contributed by atoms with Crippen LogP contribution in [0.5, 0.6) is 0 Å². The van der Waals surface area contributed by atoms with E-state index in [1.807, 2.05) is 0 Å². The van der Waals surface area contributed by atoms with Gasteiger partial charge in [-0.1, -0.05) is 23.7 Å². The average Bonchev–Trinajstić information content (AvgIpc) is 3.40. The number of nitrogens with one attached hydrogen (secondary N) is 2. The van der Waals surface area contributed by atoms with Crippen LogP contribution in [0.4, 0.5) is 24.1 Å². The van der Waals surface area contributed by atoms with Crippen molar-refractivity contribution in [3.63, 3.8) is 0 Å². The molecule has 1 fully saturated rings. The highest BCUT2D eigenvalue weighted by Gasteiger charge is 2.35. The minimum Gasteiger partial charge on any atom is -0.351 e. The van der Waals surface area contributed by atoms with Crippen LogP contribution in [-0.4, -0.2) is 45.1 Å². The second kappa shape index (κ2) is 9.28. The number of hydrogen-bond acceptors (Lipinski definition) is 4. The number of primary amides is 1. The van der Waals surface area contributed by atoms with Crippen molar-refractivity contribution in [1.29, 1.82) is 0 Å². The van der Waals surface area contributed by atoms with Crippen molar-refractivity contribution in [3.05, 3.63) is 64.8 Å². The quantitative estimate of drug-likeness (QED) is 0.514. The summed E-state index contributed by atoms with van der Waals surface area (Å²) in [5, 5.41) is 4.62. The second-order valence-electron chi connectivity index (χ2n) is 7.19. The van der Waals surface area contributed by atoms with E-state index >= 15 is 0 Å². The summed E-state index contributed by atoms with van der Waals surface area (Å²) in [6.07, 6.45) is 1.30. The first-order valence-electron chi connectivity index (χ1n) is 9.76. The molecular weight excluding hydrogens is 476 g/mol. The van der Waals surface area contributed by atoms with Crippen molar-refractivity contribution in [3.8, 4) is 0 Å². The molecule has 8 nitrogen and oxygen atoms in total. The number of fused-ring (bicyclic) bond motifs is 1. The third-order valence-electron chi connectivity index (χ3n) is 5.11. The van der Waals surface area contributed by atoms with E-state index in [2.05, 4.69) is 10.6 Å². The molecule has 2 heterocycles. The summed E-state index contributed by atoms with van der Waals surface area (Å²) in [7, 11) is 0. The Kier molecular flexibility index (Phi) is 6.43. The van der Waals surface area contributed by atoms with Gasteiger partial charge in [0.05, 0.1) is 16.2 Å². The van der Waals surface area contributed by atoms with Crippen LogP contribution in [0.15, 0.2) is 42.6 Å². The monoisotopic (exact) mass is 493 g/mol. The number of thioether (sulfide) groups is 1. The van der Waals surface area contributed by atoms with E-state index in [4.69, 9.17) is 17.3 Å². The Hall–Kier alpha value is -3.31. The predicted octanol–water partition coefficient (Wildman–Crippen LogP) is 3.72. The van der Waals surface area contributed by atoms with E-state index < -0.39 is 35.0 Å².